The van der Waals surface area contributed by atoms with Crippen LogP contribution in [0.1, 0.15) is 15.7 Å². The van der Waals surface area contributed by atoms with Crippen LogP contribution in [0.4, 0.5) is 0 Å². The summed E-state index contributed by atoms with van der Waals surface area (Å²) < 4.78 is 1.73. The maximum absolute atomic E-state index is 13.1. The number of carbonyl (C=O) groups excluding carboxylic acids is 1. The number of fused-ring (bicyclic) bond motifs is 3. The van der Waals surface area contributed by atoms with Crippen molar-refractivity contribution in [2.45, 2.75) is 5.38 Å². The first-order valence-electron chi connectivity index (χ1n) is 7.49. The lowest BCUT2D eigenvalue weighted by atomic mass is 10.1. The highest BCUT2D eigenvalue weighted by atomic mass is 35.5. The van der Waals surface area contributed by atoms with Crippen molar-refractivity contribution in [2.24, 2.45) is 0 Å². The highest BCUT2D eigenvalue weighted by molar-refractivity contribution is 6.32. The van der Waals surface area contributed by atoms with Gasteiger partial charge in [0.25, 0.3) is 5.91 Å². The number of para-hydroxylation sites is 2. The largest absolute Gasteiger partial charge is 0.278 e. The molecule has 0 saturated carbocycles. The minimum atomic E-state index is -0.713. The van der Waals surface area contributed by atoms with Crippen LogP contribution in [0, 0.1) is 0 Å². The van der Waals surface area contributed by atoms with Gasteiger partial charge in [0.1, 0.15) is 5.38 Å². The van der Waals surface area contributed by atoms with Crippen LogP contribution in [0.3, 0.4) is 0 Å². The standard InChI is InChI=1S/C20H14ClNO/c21-19(14-8-2-1-3-9-14)20(23)22-17-12-6-4-10-15(17)16-11-5-7-13-18(16)22/h1-13,19H/t19-/m0/s1. The third-order valence-electron chi connectivity index (χ3n) is 4.11. The summed E-state index contributed by atoms with van der Waals surface area (Å²) in [5, 5.41) is 1.41. The Balaban J connectivity index is 1.95. The van der Waals surface area contributed by atoms with Gasteiger partial charge in [-0.15, -0.1) is 11.6 Å². The molecule has 112 valence electrons. The lowest BCUT2D eigenvalue weighted by Gasteiger charge is -2.12. The third-order valence-corrected chi connectivity index (χ3v) is 4.55. The first-order valence-corrected chi connectivity index (χ1v) is 7.92. The number of aromatic nitrogens is 1. The number of rotatable bonds is 2. The number of halogens is 1. The smallest absolute Gasteiger partial charge is 0.254 e. The topological polar surface area (TPSA) is 22.0 Å². The van der Waals surface area contributed by atoms with Gasteiger partial charge in [0.05, 0.1) is 11.0 Å². The van der Waals surface area contributed by atoms with Crippen LogP contribution in [0.2, 0.25) is 0 Å². The van der Waals surface area contributed by atoms with Crippen molar-refractivity contribution >= 4 is 39.3 Å². The molecule has 0 radical (unpaired) electrons. The molecular formula is C20H14ClNO. The molecule has 1 heterocycles. The molecular weight excluding hydrogens is 306 g/mol. The average molecular weight is 320 g/mol. The first kappa shape index (κ1) is 14.0. The molecule has 23 heavy (non-hydrogen) atoms. The summed E-state index contributed by atoms with van der Waals surface area (Å²) in [4.78, 5) is 13.1. The summed E-state index contributed by atoms with van der Waals surface area (Å²) in [6, 6.07) is 25.3. The Morgan fingerprint density at radius 2 is 1.22 bits per heavy atom. The summed E-state index contributed by atoms with van der Waals surface area (Å²) >= 11 is 6.48. The predicted molar refractivity (Wildman–Crippen MR) is 95.1 cm³/mol. The van der Waals surface area contributed by atoms with E-state index in [9.17, 15) is 4.79 Å². The van der Waals surface area contributed by atoms with Crippen LogP contribution >= 0.6 is 11.6 Å². The van der Waals surface area contributed by atoms with Crippen LogP contribution in [0.5, 0.6) is 0 Å². The van der Waals surface area contributed by atoms with Gasteiger partial charge < -0.3 is 0 Å². The van der Waals surface area contributed by atoms with Crippen LogP contribution in [0.15, 0.2) is 78.9 Å². The van der Waals surface area contributed by atoms with Crippen molar-refractivity contribution < 1.29 is 4.79 Å². The molecule has 1 atom stereocenters. The molecule has 0 fully saturated rings. The second kappa shape index (κ2) is 5.56. The van der Waals surface area contributed by atoms with E-state index in [1.165, 1.54) is 0 Å². The molecule has 0 spiro atoms. The van der Waals surface area contributed by atoms with Gasteiger partial charge in [-0.05, 0) is 17.7 Å². The Morgan fingerprint density at radius 3 is 1.78 bits per heavy atom. The lowest BCUT2D eigenvalue weighted by molar-refractivity contribution is 0.0918. The van der Waals surface area contributed by atoms with Crippen LogP contribution < -0.4 is 0 Å². The Bertz CT molecular complexity index is 951. The van der Waals surface area contributed by atoms with Crippen molar-refractivity contribution in [3.05, 3.63) is 84.4 Å². The van der Waals surface area contributed by atoms with Gasteiger partial charge >= 0.3 is 0 Å². The molecule has 0 N–H and O–H groups in total. The molecule has 0 saturated heterocycles. The normalized spacial score (nSPS) is 12.6. The molecule has 1 aromatic heterocycles. The fourth-order valence-corrected chi connectivity index (χ4v) is 3.28. The summed E-state index contributed by atoms with van der Waals surface area (Å²) in [5.74, 6) is -0.129. The van der Waals surface area contributed by atoms with E-state index >= 15 is 0 Å². The van der Waals surface area contributed by atoms with Gasteiger partial charge in [-0.1, -0.05) is 66.7 Å². The van der Waals surface area contributed by atoms with Crippen LogP contribution in [0.25, 0.3) is 21.8 Å². The first-order chi connectivity index (χ1) is 11.3. The number of alkyl halides is 1. The monoisotopic (exact) mass is 319 g/mol. The zero-order chi connectivity index (χ0) is 15.8. The molecule has 3 heteroatoms. The molecule has 0 amide bonds. The van der Waals surface area contributed by atoms with Crippen molar-refractivity contribution in [1.82, 2.24) is 4.57 Å². The molecule has 0 aliphatic carbocycles. The molecule has 0 unspecified atom stereocenters. The summed E-state index contributed by atoms with van der Waals surface area (Å²) in [6.07, 6.45) is 0. The SMILES string of the molecule is O=C([C@@H](Cl)c1ccccc1)n1c2ccccc2c2ccccc21. The second-order valence-electron chi connectivity index (χ2n) is 5.48. The van der Waals surface area contributed by atoms with Crippen molar-refractivity contribution in [3.63, 3.8) is 0 Å². The number of benzene rings is 3. The molecule has 4 aromatic rings. The second-order valence-corrected chi connectivity index (χ2v) is 5.92. The molecule has 3 aromatic carbocycles. The van der Waals surface area contributed by atoms with Crippen LogP contribution in [-0.4, -0.2) is 10.5 Å². The van der Waals surface area contributed by atoms with E-state index in [0.29, 0.717) is 0 Å². The van der Waals surface area contributed by atoms with Gasteiger partial charge in [0.2, 0.25) is 0 Å². The van der Waals surface area contributed by atoms with E-state index < -0.39 is 5.38 Å². The summed E-state index contributed by atoms with van der Waals surface area (Å²) in [5.41, 5.74) is 2.58. The lowest BCUT2D eigenvalue weighted by Crippen LogP contribution is -2.16. The Kier molecular flexibility index (Phi) is 3.40. The van der Waals surface area contributed by atoms with E-state index in [-0.39, 0.29) is 5.91 Å². The highest BCUT2D eigenvalue weighted by Crippen LogP contribution is 2.32. The summed E-state index contributed by atoms with van der Waals surface area (Å²) in [6.45, 7) is 0. The minimum absolute atomic E-state index is 0.129. The summed E-state index contributed by atoms with van der Waals surface area (Å²) in [7, 11) is 0. The molecule has 0 bridgehead atoms. The molecule has 0 aliphatic heterocycles. The van der Waals surface area contributed by atoms with E-state index in [0.717, 1.165) is 27.4 Å². The zero-order valence-electron chi connectivity index (χ0n) is 12.3. The van der Waals surface area contributed by atoms with Gasteiger partial charge in [0, 0.05) is 10.8 Å². The Hall–Kier alpha value is -2.58. The fourth-order valence-electron chi connectivity index (χ4n) is 3.04. The van der Waals surface area contributed by atoms with Gasteiger partial charge in [-0.3, -0.25) is 9.36 Å². The number of carbonyl (C=O) groups is 1. The minimum Gasteiger partial charge on any atom is -0.278 e. The maximum atomic E-state index is 13.1. The average Bonchev–Trinajstić information content (AvgIpc) is 2.96. The predicted octanol–water partition coefficient (Wildman–Crippen LogP) is 5.41. The maximum Gasteiger partial charge on any atom is 0.254 e. The van der Waals surface area contributed by atoms with Crippen LogP contribution in [-0.2, 0) is 0 Å². The number of hydrogen-bond donors (Lipinski definition) is 0. The zero-order valence-corrected chi connectivity index (χ0v) is 13.1. The number of hydrogen-bond acceptors (Lipinski definition) is 1. The van der Waals surface area contributed by atoms with Gasteiger partial charge in [-0.25, -0.2) is 0 Å². The van der Waals surface area contributed by atoms with Crippen molar-refractivity contribution in [1.29, 1.82) is 0 Å². The fraction of sp³-hybridized carbons (Fsp3) is 0.0500. The number of nitrogens with zero attached hydrogens (tertiary/aromatic N) is 1. The van der Waals surface area contributed by atoms with E-state index in [4.69, 9.17) is 11.6 Å². The Morgan fingerprint density at radius 1 is 0.739 bits per heavy atom. The molecule has 0 aliphatic rings. The Labute approximate surface area is 138 Å². The van der Waals surface area contributed by atoms with Gasteiger partial charge in [-0.2, -0.15) is 0 Å². The van der Waals surface area contributed by atoms with E-state index in [1.54, 1.807) is 4.57 Å². The van der Waals surface area contributed by atoms with E-state index in [1.807, 2.05) is 78.9 Å². The molecule has 4 rings (SSSR count). The van der Waals surface area contributed by atoms with Gasteiger partial charge in [0.15, 0.2) is 0 Å². The third kappa shape index (κ3) is 2.23. The highest BCUT2D eigenvalue weighted by Gasteiger charge is 2.23. The van der Waals surface area contributed by atoms with Crippen molar-refractivity contribution in [3.8, 4) is 0 Å². The van der Waals surface area contributed by atoms with Crippen molar-refractivity contribution in [2.75, 3.05) is 0 Å². The van der Waals surface area contributed by atoms with E-state index in [2.05, 4.69) is 0 Å². The quantitative estimate of drug-likeness (QED) is 0.452. The molecule has 2 nitrogen and oxygen atoms in total.